The smallest absolute Gasteiger partial charge is 0.348 e. The van der Waals surface area contributed by atoms with Gasteiger partial charge in [-0.25, -0.2) is 9.59 Å². The van der Waals surface area contributed by atoms with Crippen molar-refractivity contribution in [3.63, 3.8) is 0 Å². The van der Waals surface area contributed by atoms with Gasteiger partial charge >= 0.3 is 11.9 Å². The Morgan fingerprint density at radius 1 is 1.00 bits per heavy atom. The summed E-state index contributed by atoms with van der Waals surface area (Å²) in [7, 11) is 1.28. The summed E-state index contributed by atoms with van der Waals surface area (Å²) >= 11 is 0. The lowest BCUT2D eigenvalue weighted by Gasteiger charge is -2.26. The lowest BCUT2D eigenvalue weighted by atomic mass is 10.1. The molecule has 1 atom stereocenters. The summed E-state index contributed by atoms with van der Waals surface area (Å²) in [5, 5.41) is 8.99. The molecule has 0 spiro atoms. The minimum absolute atomic E-state index is 0.00609. The first-order valence-electron chi connectivity index (χ1n) is 8.93. The number of methoxy groups -OCH3 is 1. The normalized spacial score (nSPS) is 12.5. The topological polar surface area (TPSA) is 76.1 Å². The molecule has 2 aromatic carbocycles. The molecule has 0 fully saturated rings. The molecule has 0 saturated heterocycles. The third kappa shape index (κ3) is 6.89. The van der Waals surface area contributed by atoms with Crippen LogP contribution in [0.1, 0.15) is 18.1 Å². The van der Waals surface area contributed by atoms with E-state index in [4.69, 9.17) is 14.6 Å². The minimum atomic E-state index is -1.10. The molecule has 6 heteroatoms. The molecular weight excluding hydrogens is 358 g/mol. The molecule has 0 radical (unpaired) electrons. The maximum atomic E-state index is 12.2. The zero-order valence-corrected chi connectivity index (χ0v) is 16.1. The van der Waals surface area contributed by atoms with Crippen LogP contribution in [-0.4, -0.2) is 41.7 Å². The second-order valence-electron chi connectivity index (χ2n) is 6.39. The molecule has 0 bridgehead atoms. The Kier molecular flexibility index (Phi) is 8.24. The SMILES string of the molecule is COC(=O)[C@H](CN(Cc1ccccc1)Cc1ccccc1)OC=C(C)C(=O)O. The number of esters is 1. The van der Waals surface area contributed by atoms with Crippen molar-refractivity contribution >= 4 is 11.9 Å². The van der Waals surface area contributed by atoms with Crippen molar-refractivity contribution in [3.8, 4) is 0 Å². The van der Waals surface area contributed by atoms with Gasteiger partial charge in [0.15, 0.2) is 0 Å². The maximum absolute atomic E-state index is 12.2. The zero-order chi connectivity index (χ0) is 20.4. The summed E-state index contributed by atoms with van der Waals surface area (Å²) in [5.74, 6) is -1.66. The quantitative estimate of drug-likeness (QED) is 0.386. The zero-order valence-electron chi connectivity index (χ0n) is 16.1. The first-order valence-corrected chi connectivity index (χ1v) is 8.93. The highest BCUT2D eigenvalue weighted by molar-refractivity contribution is 5.85. The fourth-order valence-electron chi connectivity index (χ4n) is 2.64. The van der Waals surface area contributed by atoms with Crippen LogP contribution < -0.4 is 0 Å². The van der Waals surface area contributed by atoms with Gasteiger partial charge in [0.2, 0.25) is 6.10 Å². The van der Waals surface area contributed by atoms with Crippen molar-refractivity contribution in [1.29, 1.82) is 0 Å². The number of hydrogen-bond acceptors (Lipinski definition) is 5. The summed E-state index contributed by atoms with van der Waals surface area (Å²) in [5.41, 5.74) is 2.20. The van der Waals surface area contributed by atoms with E-state index in [2.05, 4.69) is 4.90 Å². The number of carbonyl (C=O) groups excluding carboxylic acids is 1. The molecule has 0 unspecified atom stereocenters. The molecular formula is C22H25NO5. The van der Waals surface area contributed by atoms with Crippen LogP contribution in [0.25, 0.3) is 0 Å². The Morgan fingerprint density at radius 2 is 1.50 bits per heavy atom. The van der Waals surface area contributed by atoms with E-state index in [1.54, 1.807) is 0 Å². The first kappa shape index (κ1) is 21.2. The van der Waals surface area contributed by atoms with Gasteiger partial charge in [-0.05, 0) is 18.1 Å². The van der Waals surface area contributed by atoms with Gasteiger partial charge in [-0.1, -0.05) is 60.7 Å². The van der Waals surface area contributed by atoms with E-state index in [0.717, 1.165) is 17.4 Å². The van der Waals surface area contributed by atoms with Gasteiger partial charge in [0.1, 0.15) is 0 Å². The third-order valence-electron chi connectivity index (χ3n) is 4.13. The number of ether oxygens (including phenoxy) is 2. The van der Waals surface area contributed by atoms with Crippen LogP contribution in [0.3, 0.4) is 0 Å². The average molecular weight is 383 g/mol. The third-order valence-corrected chi connectivity index (χ3v) is 4.13. The average Bonchev–Trinajstić information content (AvgIpc) is 2.71. The van der Waals surface area contributed by atoms with E-state index in [-0.39, 0.29) is 12.1 Å². The van der Waals surface area contributed by atoms with Crippen molar-refractivity contribution < 1.29 is 24.2 Å². The van der Waals surface area contributed by atoms with Gasteiger partial charge < -0.3 is 14.6 Å². The number of hydrogen-bond donors (Lipinski definition) is 1. The largest absolute Gasteiger partial charge is 0.484 e. The van der Waals surface area contributed by atoms with Crippen LogP contribution in [0.5, 0.6) is 0 Å². The second kappa shape index (κ2) is 10.9. The molecule has 0 saturated carbocycles. The fourth-order valence-corrected chi connectivity index (χ4v) is 2.64. The van der Waals surface area contributed by atoms with Gasteiger partial charge in [0, 0.05) is 19.6 Å². The number of aliphatic carboxylic acids is 1. The predicted molar refractivity (Wildman–Crippen MR) is 105 cm³/mol. The van der Waals surface area contributed by atoms with Gasteiger partial charge in [-0.2, -0.15) is 0 Å². The van der Waals surface area contributed by atoms with Gasteiger partial charge in [-0.15, -0.1) is 0 Å². The molecule has 28 heavy (non-hydrogen) atoms. The molecule has 0 amide bonds. The van der Waals surface area contributed by atoms with E-state index >= 15 is 0 Å². The molecule has 0 heterocycles. The Morgan fingerprint density at radius 3 is 1.93 bits per heavy atom. The van der Waals surface area contributed by atoms with Crippen LogP contribution in [0.4, 0.5) is 0 Å². The molecule has 0 aliphatic carbocycles. The lowest BCUT2D eigenvalue weighted by Crippen LogP contribution is -2.38. The Balaban J connectivity index is 2.19. The number of carboxylic acid groups (broad SMARTS) is 1. The lowest BCUT2D eigenvalue weighted by molar-refractivity contribution is -0.152. The number of nitrogens with zero attached hydrogens (tertiary/aromatic N) is 1. The van der Waals surface area contributed by atoms with Crippen LogP contribution in [0, 0.1) is 0 Å². The second-order valence-corrected chi connectivity index (χ2v) is 6.39. The van der Waals surface area contributed by atoms with E-state index in [0.29, 0.717) is 13.1 Å². The van der Waals surface area contributed by atoms with E-state index < -0.39 is 18.0 Å². The summed E-state index contributed by atoms with van der Waals surface area (Å²) in [6.07, 6.45) is 0.152. The predicted octanol–water partition coefficient (Wildman–Crippen LogP) is 3.24. The van der Waals surface area contributed by atoms with Crippen molar-refractivity contribution in [2.45, 2.75) is 26.1 Å². The van der Waals surface area contributed by atoms with Crippen molar-refractivity contribution in [1.82, 2.24) is 4.90 Å². The van der Waals surface area contributed by atoms with E-state index in [1.807, 2.05) is 60.7 Å². The number of benzene rings is 2. The minimum Gasteiger partial charge on any atom is -0.484 e. The fraction of sp³-hybridized carbons (Fsp3) is 0.273. The van der Waals surface area contributed by atoms with Crippen LogP contribution >= 0.6 is 0 Å². The van der Waals surface area contributed by atoms with Crippen molar-refractivity contribution in [2.24, 2.45) is 0 Å². The van der Waals surface area contributed by atoms with Gasteiger partial charge in [0.25, 0.3) is 0 Å². The maximum Gasteiger partial charge on any atom is 0.348 e. The van der Waals surface area contributed by atoms with Crippen molar-refractivity contribution in [2.75, 3.05) is 13.7 Å². The summed E-state index contributed by atoms with van der Waals surface area (Å²) in [4.78, 5) is 25.2. The number of carbonyl (C=O) groups is 2. The standard InChI is InChI=1S/C22H25NO5/c1-17(21(24)25)16-28-20(22(26)27-2)15-23(13-18-9-5-3-6-10-18)14-19-11-7-4-8-12-19/h3-12,16,20H,13-15H2,1-2H3,(H,24,25)/t20-/m0/s1. The van der Waals surface area contributed by atoms with E-state index in [9.17, 15) is 9.59 Å². The van der Waals surface area contributed by atoms with E-state index in [1.165, 1.54) is 14.0 Å². The van der Waals surface area contributed by atoms with Crippen LogP contribution in [0.2, 0.25) is 0 Å². The summed E-state index contributed by atoms with van der Waals surface area (Å²) < 4.78 is 10.3. The Hall–Kier alpha value is -3.12. The molecule has 1 N–H and O–H groups in total. The summed E-state index contributed by atoms with van der Waals surface area (Å²) in [6, 6.07) is 19.8. The Labute approximate surface area is 165 Å². The molecule has 0 aliphatic heterocycles. The number of rotatable bonds is 10. The van der Waals surface area contributed by atoms with Crippen molar-refractivity contribution in [3.05, 3.63) is 83.6 Å². The highest BCUT2D eigenvalue weighted by atomic mass is 16.6. The summed E-state index contributed by atoms with van der Waals surface area (Å²) in [6.45, 7) is 2.87. The van der Waals surface area contributed by atoms with Gasteiger partial charge in [-0.3, -0.25) is 4.90 Å². The molecule has 2 aromatic rings. The van der Waals surface area contributed by atoms with Crippen LogP contribution in [-0.2, 0) is 32.2 Å². The molecule has 148 valence electrons. The van der Waals surface area contributed by atoms with Gasteiger partial charge in [0.05, 0.1) is 18.9 Å². The monoisotopic (exact) mass is 383 g/mol. The highest BCUT2D eigenvalue weighted by Gasteiger charge is 2.24. The highest BCUT2D eigenvalue weighted by Crippen LogP contribution is 2.13. The van der Waals surface area contributed by atoms with Crippen LogP contribution in [0.15, 0.2) is 72.5 Å². The molecule has 6 nitrogen and oxygen atoms in total. The molecule has 2 rings (SSSR count). The molecule has 0 aliphatic rings. The Bertz CT molecular complexity index is 748. The molecule has 0 aromatic heterocycles. The number of carboxylic acids is 1. The first-order chi connectivity index (χ1) is 13.5.